The largest absolute Gasteiger partial charge is 0.397 e. The second-order valence-corrected chi connectivity index (χ2v) is 5.91. The van der Waals surface area contributed by atoms with Crippen molar-refractivity contribution in [2.24, 2.45) is 0 Å². The number of nitrogen functional groups attached to an aromatic ring is 1. The van der Waals surface area contributed by atoms with E-state index in [-0.39, 0.29) is 0 Å². The van der Waals surface area contributed by atoms with Crippen molar-refractivity contribution in [3.05, 3.63) is 53.6 Å². The van der Waals surface area contributed by atoms with E-state index < -0.39 is 0 Å². The van der Waals surface area contributed by atoms with Gasteiger partial charge in [-0.15, -0.1) is 0 Å². The van der Waals surface area contributed by atoms with E-state index in [1.54, 1.807) is 0 Å². The molecule has 0 saturated carbocycles. The third-order valence-electron chi connectivity index (χ3n) is 3.55. The van der Waals surface area contributed by atoms with Gasteiger partial charge in [-0.2, -0.15) is 0 Å². The molecule has 2 aromatic rings. The van der Waals surface area contributed by atoms with E-state index in [0.717, 1.165) is 17.1 Å². The second-order valence-electron chi connectivity index (χ2n) is 5.91. The lowest BCUT2D eigenvalue weighted by molar-refractivity contribution is 0.834. The number of benzene rings is 2. The Morgan fingerprint density at radius 3 is 1.90 bits per heavy atom. The highest BCUT2D eigenvalue weighted by Crippen LogP contribution is 2.29. The third-order valence-corrected chi connectivity index (χ3v) is 3.55. The summed E-state index contributed by atoms with van der Waals surface area (Å²) >= 11 is 0. The van der Waals surface area contributed by atoms with Gasteiger partial charge in [0.2, 0.25) is 0 Å². The van der Waals surface area contributed by atoms with Gasteiger partial charge in [-0.3, -0.25) is 0 Å². The number of hydrogen-bond acceptors (Lipinski definition) is 2. The maximum atomic E-state index is 6.00. The van der Waals surface area contributed by atoms with Crippen molar-refractivity contribution in [2.45, 2.75) is 39.5 Å². The molecule has 0 bridgehead atoms. The molecule has 0 unspecified atom stereocenters. The number of anilines is 3. The minimum absolute atomic E-state index is 0.516. The zero-order valence-corrected chi connectivity index (χ0v) is 12.8. The minimum atomic E-state index is 0.516. The third kappa shape index (κ3) is 3.32. The highest BCUT2D eigenvalue weighted by molar-refractivity contribution is 5.72. The Balaban J connectivity index is 2.38. The van der Waals surface area contributed by atoms with Crippen LogP contribution in [0, 0.1) is 0 Å². The zero-order chi connectivity index (χ0) is 14.7. The molecule has 2 aromatic carbocycles. The van der Waals surface area contributed by atoms with Crippen molar-refractivity contribution in [3.63, 3.8) is 0 Å². The summed E-state index contributed by atoms with van der Waals surface area (Å²) in [5, 5.41) is 3.44. The summed E-state index contributed by atoms with van der Waals surface area (Å²) in [6, 6.07) is 14.6. The van der Waals surface area contributed by atoms with Crippen molar-refractivity contribution in [3.8, 4) is 0 Å². The number of nitrogens with one attached hydrogen (secondary N) is 1. The number of rotatable bonds is 4. The molecule has 106 valence electrons. The van der Waals surface area contributed by atoms with Crippen molar-refractivity contribution in [1.82, 2.24) is 0 Å². The molecule has 0 fully saturated rings. The highest BCUT2D eigenvalue weighted by Gasteiger charge is 2.08. The summed E-state index contributed by atoms with van der Waals surface area (Å²) in [5.74, 6) is 1.03. The molecule has 0 radical (unpaired) electrons. The van der Waals surface area contributed by atoms with Gasteiger partial charge in [0.15, 0.2) is 0 Å². The maximum Gasteiger partial charge on any atom is 0.0617 e. The van der Waals surface area contributed by atoms with Crippen LogP contribution >= 0.6 is 0 Å². The van der Waals surface area contributed by atoms with E-state index in [9.17, 15) is 0 Å². The Hall–Kier alpha value is -1.96. The van der Waals surface area contributed by atoms with Crippen molar-refractivity contribution >= 4 is 17.1 Å². The summed E-state index contributed by atoms with van der Waals surface area (Å²) in [6.07, 6.45) is 0. The van der Waals surface area contributed by atoms with Gasteiger partial charge in [-0.05, 0) is 47.2 Å². The van der Waals surface area contributed by atoms with Crippen molar-refractivity contribution in [1.29, 1.82) is 0 Å². The molecule has 0 heterocycles. The fourth-order valence-electron chi connectivity index (χ4n) is 2.18. The fourth-order valence-corrected chi connectivity index (χ4v) is 2.18. The van der Waals surface area contributed by atoms with Crippen LogP contribution in [-0.4, -0.2) is 0 Å². The summed E-state index contributed by atoms with van der Waals surface area (Å²) in [7, 11) is 0. The van der Waals surface area contributed by atoms with Gasteiger partial charge in [0.05, 0.1) is 11.4 Å². The molecular formula is C18H24N2. The van der Waals surface area contributed by atoms with E-state index >= 15 is 0 Å². The Labute approximate surface area is 122 Å². The number of para-hydroxylation sites is 2. The van der Waals surface area contributed by atoms with Crippen LogP contribution in [0.15, 0.2) is 42.5 Å². The summed E-state index contributed by atoms with van der Waals surface area (Å²) in [5.41, 5.74) is 11.6. The molecule has 2 rings (SSSR count). The van der Waals surface area contributed by atoms with Crippen LogP contribution in [0.25, 0.3) is 0 Å². The van der Waals surface area contributed by atoms with Crippen LogP contribution in [0.5, 0.6) is 0 Å². The molecule has 0 aliphatic carbocycles. The van der Waals surface area contributed by atoms with Gasteiger partial charge in [-0.25, -0.2) is 0 Å². The monoisotopic (exact) mass is 268 g/mol. The van der Waals surface area contributed by atoms with Crippen LogP contribution < -0.4 is 11.1 Å². The summed E-state index contributed by atoms with van der Waals surface area (Å²) in [4.78, 5) is 0. The molecule has 20 heavy (non-hydrogen) atoms. The second kappa shape index (κ2) is 6.00. The first kappa shape index (κ1) is 14.4. The first-order valence-electron chi connectivity index (χ1n) is 7.23. The van der Waals surface area contributed by atoms with Crippen LogP contribution in [-0.2, 0) is 0 Å². The normalized spacial score (nSPS) is 11.1. The number of hydrogen-bond donors (Lipinski definition) is 2. The number of nitrogens with two attached hydrogens (primary N) is 1. The zero-order valence-electron chi connectivity index (χ0n) is 12.8. The van der Waals surface area contributed by atoms with Gasteiger partial charge < -0.3 is 11.1 Å². The Kier molecular flexibility index (Phi) is 4.33. The smallest absolute Gasteiger partial charge is 0.0617 e. The fraction of sp³-hybridized carbons (Fsp3) is 0.333. The van der Waals surface area contributed by atoms with Gasteiger partial charge >= 0.3 is 0 Å². The molecule has 2 nitrogen and oxygen atoms in total. The predicted molar refractivity (Wildman–Crippen MR) is 88.8 cm³/mol. The van der Waals surface area contributed by atoms with E-state index in [1.165, 1.54) is 11.1 Å². The van der Waals surface area contributed by atoms with Crippen LogP contribution in [0.2, 0.25) is 0 Å². The Morgan fingerprint density at radius 1 is 0.850 bits per heavy atom. The molecule has 3 N–H and O–H groups in total. The van der Waals surface area contributed by atoms with Crippen LogP contribution in [0.3, 0.4) is 0 Å². The van der Waals surface area contributed by atoms with Crippen molar-refractivity contribution in [2.75, 3.05) is 11.1 Å². The maximum absolute atomic E-state index is 6.00. The van der Waals surface area contributed by atoms with Crippen molar-refractivity contribution < 1.29 is 0 Å². The van der Waals surface area contributed by atoms with Gasteiger partial charge in [0.1, 0.15) is 0 Å². The van der Waals surface area contributed by atoms with E-state index in [1.807, 2.05) is 24.3 Å². The van der Waals surface area contributed by atoms with Gasteiger partial charge in [0, 0.05) is 5.69 Å². The van der Waals surface area contributed by atoms with E-state index in [2.05, 4.69) is 51.2 Å². The molecular weight excluding hydrogens is 244 g/mol. The first-order valence-corrected chi connectivity index (χ1v) is 7.23. The highest BCUT2D eigenvalue weighted by atomic mass is 14.9. The molecule has 0 amide bonds. The predicted octanol–water partition coefficient (Wildman–Crippen LogP) is 5.26. The molecule has 0 saturated heterocycles. The average molecular weight is 268 g/mol. The lowest BCUT2D eigenvalue weighted by Crippen LogP contribution is -2.00. The Morgan fingerprint density at radius 2 is 1.40 bits per heavy atom. The van der Waals surface area contributed by atoms with Crippen LogP contribution in [0.4, 0.5) is 17.1 Å². The molecule has 0 aliphatic rings. The average Bonchev–Trinajstić information content (AvgIpc) is 2.41. The topological polar surface area (TPSA) is 38.0 Å². The molecule has 0 aliphatic heterocycles. The summed E-state index contributed by atoms with van der Waals surface area (Å²) < 4.78 is 0. The molecule has 0 spiro atoms. The van der Waals surface area contributed by atoms with Gasteiger partial charge in [0.25, 0.3) is 0 Å². The Bertz CT molecular complexity index is 559. The first-order chi connectivity index (χ1) is 9.47. The van der Waals surface area contributed by atoms with Gasteiger partial charge in [-0.1, -0.05) is 45.9 Å². The SMILES string of the molecule is CC(C)c1cc(Nc2ccccc2N)cc(C(C)C)c1. The van der Waals surface area contributed by atoms with E-state index in [0.29, 0.717) is 11.8 Å². The summed E-state index contributed by atoms with van der Waals surface area (Å²) in [6.45, 7) is 8.89. The lowest BCUT2D eigenvalue weighted by Gasteiger charge is -2.16. The lowest BCUT2D eigenvalue weighted by atomic mass is 9.95. The molecule has 2 heteroatoms. The quantitative estimate of drug-likeness (QED) is 0.742. The molecule has 0 atom stereocenters. The minimum Gasteiger partial charge on any atom is -0.397 e. The standard InChI is InChI=1S/C18H24N2/c1-12(2)14-9-15(13(3)4)11-16(10-14)20-18-8-6-5-7-17(18)19/h5-13,20H,19H2,1-4H3. The molecule has 0 aromatic heterocycles. The van der Waals surface area contributed by atoms with Crippen LogP contribution in [0.1, 0.15) is 50.7 Å². The van der Waals surface area contributed by atoms with E-state index in [4.69, 9.17) is 5.73 Å².